The lowest BCUT2D eigenvalue weighted by molar-refractivity contribution is 0.0594. The zero-order chi connectivity index (χ0) is 6.81. The first kappa shape index (κ1) is 6.62. The molecule has 0 saturated carbocycles. The van der Waals surface area contributed by atoms with Crippen molar-refractivity contribution in [2.75, 3.05) is 19.7 Å². The molecule has 0 aromatic carbocycles. The molecule has 2 saturated heterocycles. The van der Waals surface area contributed by atoms with E-state index in [9.17, 15) is 0 Å². The minimum atomic E-state index is 0.521. The van der Waals surface area contributed by atoms with Gasteiger partial charge in [0.1, 0.15) is 0 Å². The number of hydrogen-bond acceptors (Lipinski definition) is 2. The van der Waals surface area contributed by atoms with Gasteiger partial charge in [0.25, 0.3) is 0 Å². The van der Waals surface area contributed by atoms with Gasteiger partial charge in [-0.2, -0.15) is 0 Å². The molecule has 0 radical (unpaired) electrons. The maximum Gasteiger partial charge on any atom is 0.0699 e. The summed E-state index contributed by atoms with van der Waals surface area (Å²) in [6.45, 7) is 3.25. The second kappa shape index (κ2) is 2.89. The van der Waals surface area contributed by atoms with Crippen LogP contribution in [0.15, 0.2) is 0 Å². The van der Waals surface area contributed by atoms with Crippen LogP contribution >= 0.6 is 0 Å². The number of hydrogen-bond donors (Lipinski definition) is 1. The first-order chi connectivity index (χ1) is 4.95. The molecule has 10 heavy (non-hydrogen) atoms. The molecule has 1 N–H and O–H groups in total. The average Bonchev–Trinajstić information content (AvgIpc) is 2.17. The summed E-state index contributed by atoms with van der Waals surface area (Å²) in [6.07, 6.45) is 4.52. The SMILES string of the molecule is C1C[C@@H]2CNC[C@H](C1)OC2. The highest BCUT2D eigenvalue weighted by atomic mass is 16.5. The van der Waals surface area contributed by atoms with Gasteiger partial charge in [0.05, 0.1) is 12.7 Å². The fourth-order valence-corrected chi connectivity index (χ4v) is 1.84. The molecule has 0 aromatic heterocycles. The molecule has 2 rings (SSSR count). The second-order valence-electron chi connectivity index (χ2n) is 3.41. The molecule has 2 bridgehead atoms. The minimum absolute atomic E-state index is 0.521. The third-order valence-electron chi connectivity index (χ3n) is 2.51. The molecule has 2 heterocycles. The molecule has 2 atom stereocenters. The zero-order valence-electron chi connectivity index (χ0n) is 6.31. The molecular weight excluding hydrogens is 126 g/mol. The summed E-state index contributed by atoms with van der Waals surface area (Å²) in [6, 6.07) is 0. The van der Waals surface area contributed by atoms with Gasteiger partial charge in [-0.25, -0.2) is 0 Å². The van der Waals surface area contributed by atoms with Crippen LogP contribution in [0.3, 0.4) is 0 Å². The standard InChI is InChI=1S/C8H15NO/c1-2-7-4-9-5-8(3-1)10-6-7/h7-9H,1-6H2/t7-,8+/m1/s1. The summed E-state index contributed by atoms with van der Waals surface area (Å²) in [7, 11) is 0. The van der Waals surface area contributed by atoms with E-state index < -0.39 is 0 Å². The van der Waals surface area contributed by atoms with Crippen LogP contribution in [0.2, 0.25) is 0 Å². The van der Waals surface area contributed by atoms with Crippen LogP contribution in [0.1, 0.15) is 19.3 Å². The Morgan fingerprint density at radius 3 is 3.20 bits per heavy atom. The Morgan fingerprint density at radius 1 is 1.20 bits per heavy atom. The van der Waals surface area contributed by atoms with Crippen molar-refractivity contribution in [3.8, 4) is 0 Å². The Labute approximate surface area is 61.9 Å². The molecule has 2 nitrogen and oxygen atoms in total. The predicted molar refractivity (Wildman–Crippen MR) is 40.0 cm³/mol. The highest BCUT2D eigenvalue weighted by Gasteiger charge is 2.22. The molecule has 2 aliphatic heterocycles. The van der Waals surface area contributed by atoms with Crippen molar-refractivity contribution in [3.05, 3.63) is 0 Å². The largest absolute Gasteiger partial charge is 0.377 e. The van der Waals surface area contributed by atoms with Gasteiger partial charge in [0.2, 0.25) is 0 Å². The average molecular weight is 141 g/mol. The molecule has 0 unspecified atom stereocenters. The highest BCUT2D eigenvalue weighted by molar-refractivity contribution is 4.75. The van der Waals surface area contributed by atoms with Gasteiger partial charge in [-0.3, -0.25) is 0 Å². The third-order valence-corrected chi connectivity index (χ3v) is 2.51. The topological polar surface area (TPSA) is 21.3 Å². The van der Waals surface area contributed by atoms with Gasteiger partial charge in [-0.15, -0.1) is 0 Å². The van der Waals surface area contributed by atoms with E-state index in [0.29, 0.717) is 6.10 Å². The zero-order valence-corrected chi connectivity index (χ0v) is 6.31. The lowest BCUT2D eigenvalue weighted by Crippen LogP contribution is -2.29. The predicted octanol–water partition coefficient (Wildman–Crippen LogP) is 0.775. The van der Waals surface area contributed by atoms with Crippen molar-refractivity contribution in [2.24, 2.45) is 5.92 Å². The number of fused-ring (bicyclic) bond motifs is 3. The lowest BCUT2D eigenvalue weighted by atomic mass is 10.0. The monoisotopic (exact) mass is 141 g/mol. The van der Waals surface area contributed by atoms with Crippen LogP contribution in [0.5, 0.6) is 0 Å². The van der Waals surface area contributed by atoms with Gasteiger partial charge < -0.3 is 10.1 Å². The summed E-state index contributed by atoms with van der Waals surface area (Å²) in [4.78, 5) is 0. The van der Waals surface area contributed by atoms with E-state index in [-0.39, 0.29) is 0 Å². The van der Waals surface area contributed by atoms with Crippen LogP contribution in [-0.4, -0.2) is 25.8 Å². The number of rotatable bonds is 0. The highest BCUT2D eigenvalue weighted by Crippen LogP contribution is 2.19. The van der Waals surface area contributed by atoms with Crippen LogP contribution < -0.4 is 5.32 Å². The Hall–Kier alpha value is -0.0800. The fraction of sp³-hybridized carbons (Fsp3) is 1.00. The minimum Gasteiger partial charge on any atom is -0.377 e. The van der Waals surface area contributed by atoms with E-state index in [1.807, 2.05) is 0 Å². The lowest BCUT2D eigenvalue weighted by Gasteiger charge is -2.14. The quantitative estimate of drug-likeness (QED) is 0.538. The Kier molecular flexibility index (Phi) is 1.91. The van der Waals surface area contributed by atoms with E-state index in [2.05, 4.69) is 5.32 Å². The maximum atomic E-state index is 5.66. The van der Waals surface area contributed by atoms with Crippen LogP contribution in [0.25, 0.3) is 0 Å². The van der Waals surface area contributed by atoms with Gasteiger partial charge >= 0.3 is 0 Å². The van der Waals surface area contributed by atoms with E-state index >= 15 is 0 Å². The molecule has 0 amide bonds. The van der Waals surface area contributed by atoms with Crippen molar-refractivity contribution >= 4 is 0 Å². The van der Waals surface area contributed by atoms with E-state index in [0.717, 1.165) is 19.1 Å². The maximum absolute atomic E-state index is 5.66. The molecular formula is C8H15NO. The smallest absolute Gasteiger partial charge is 0.0699 e. The molecule has 2 fully saturated rings. The normalized spacial score (nSPS) is 40.8. The Morgan fingerprint density at radius 2 is 2.20 bits per heavy atom. The number of nitrogens with one attached hydrogen (secondary N) is 1. The van der Waals surface area contributed by atoms with E-state index in [1.54, 1.807) is 0 Å². The Balaban J connectivity index is 2.01. The van der Waals surface area contributed by atoms with Crippen molar-refractivity contribution in [1.82, 2.24) is 5.32 Å². The van der Waals surface area contributed by atoms with Crippen LogP contribution in [-0.2, 0) is 4.74 Å². The fourth-order valence-electron chi connectivity index (χ4n) is 1.84. The van der Waals surface area contributed by atoms with Gasteiger partial charge in [0, 0.05) is 13.1 Å². The first-order valence-electron chi connectivity index (χ1n) is 4.27. The number of ether oxygens (including phenoxy) is 1. The molecule has 2 heteroatoms. The molecule has 0 aliphatic carbocycles. The second-order valence-corrected chi connectivity index (χ2v) is 3.41. The van der Waals surface area contributed by atoms with Crippen molar-refractivity contribution in [1.29, 1.82) is 0 Å². The summed E-state index contributed by atoms with van der Waals surface area (Å²) in [5.74, 6) is 0.799. The summed E-state index contributed by atoms with van der Waals surface area (Å²) in [5.41, 5.74) is 0. The van der Waals surface area contributed by atoms with Crippen LogP contribution in [0, 0.1) is 5.92 Å². The molecule has 0 aromatic rings. The van der Waals surface area contributed by atoms with Crippen LogP contribution in [0.4, 0.5) is 0 Å². The van der Waals surface area contributed by atoms with E-state index in [4.69, 9.17) is 4.74 Å². The summed E-state index contributed by atoms with van der Waals surface area (Å²) >= 11 is 0. The summed E-state index contributed by atoms with van der Waals surface area (Å²) < 4.78 is 5.66. The van der Waals surface area contributed by atoms with Crippen molar-refractivity contribution in [2.45, 2.75) is 25.4 Å². The van der Waals surface area contributed by atoms with Gasteiger partial charge in [0.15, 0.2) is 0 Å². The summed E-state index contributed by atoms with van der Waals surface area (Å²) in [5, 5.41) is 3.42. The van der Waals surface area contributed by atoms with Gasteiger partial charge in [-0.1, -0.05) is 6.42 Å². The molecule has 2 aliphatic rings. The van der Waals surface area contributed by atoms with Gasteiger partial charge in [-0.05, 0) is 18.8 Å². The van der Waals surface area contributed by atoms with Crippen molar-refractivity contribution in [3.63, 3.8) is 0 Å². The molecule has 58 valence electrons. The van der Waals surface area contributed by atoms with Crippen molar-refractivity contribution < 1.29 is 4.74 Å². The Bertz CT molecular complexity index is 93.8. The van der Waals surface area contributed by atoms with E-state index in [1.165, 1.54) is 25.8 Å². The third kappa shape index (κ3) is 1.32. The molecule has 0 spiro atoms. The first-order valence-corrected chi connectivity index (χ1v) is 4.27.